The molecule has 0 bridgehead atoms. The number of hydrogen-bond donors (Lipinski definition) is 1. The largest absolute Gasteiger partial charge is 0.344 e. The first-order valence-electron chi connectivity index (χ1n) is 7.82. The second-order valence-corrected chi connectivity index (χ2v) is 7.55. The minimum atomic E-state index is -3.44. The molecule has 0 atom stereocenters. The van der Waals surface area contributed by atoms with Gasteiger partial charge in [0.1, 0.15) is 0 Å². The van der Waals surface area contributed by atoms with Gasteiger partial charge < -0.3 is 9.84 Å². The molecule has 0 aliphatic carbocycles. The van der Waals surface area contributed by atoms with Crippen LogP contribution in [0.5, 0.6) is 0 Å². The van der Waals surface area contributed by atoms with E-state index in [0.717, 1.165) is 5.56 Å². The molecular weight excluding hydrogens is 356 g/mol. The predicted molar refractivity (Wildman–Crippen MR) is 91.9 cm³/mol. The van der Waals surface area contributed by atoms with Crippen LogP contribution in [0.25, 0.3) is 0 Å². The van der Waals surface area contributed by atoms with Gasteiger partial charge in [-0.3, -0.25) is 9.78 Å². The maximum Gasteiger partial charge on any atom is 0.315 e. The molecular formula is C17H16N4O4S. The summed E-state index contributed by atoms with van der Waals surface area (Å²) >= 11 is 0. The number of nitrogens with zero attached hydrogens (tertiary/aromatic N) is 3. The number of aryl methyl sites for hydroxylation is 1. The normalized spacial score (nSPS) is 11.2. The molecule has 0 aliphatic heterocycles. The first-order valence-corrected chi connectivity index (χ1v) is 9.47. The van der Waals surface area contributed by atoms with E-state index in [2.05, 4.69) is 20.4 Å². The lowest BCUT2D eigenvalue weighted by Gasteiger charge is -2.02. The van der Waals surface area contributed by atoms with E-state index in [-0.39, 0.29) is 35.3 Å². The zero-order valence-electron chi connectivity index (χ0n) is 13.7. The van der Waals surface area contributed by atoms with Gasteiger partial charge in [0.25, 0.3) is 0 Å². The molecule has 1 aromatic carbocycles. The summed E-state index contributed by atoms with van der Waals surface area (Å²) in [5.74, 6) is -0.747. The summed E-state index contributed by atoms with van der Waals surface area (Å²) in [5, 5.41) is 6.30. The van der Waals surface area contributed by atoms with Crippen LogP contribution >= 0.6 is 0 Å². The van der Waals surface area contributed by atoms with Gasteiger partial charge in [-0.15, -0.1) is 0 Å². The van der Waals surface area contributed by atoms with Gasteiger partial charge >= 0.3 is 11.8 Å². The Morgan fingerprint density at radius 1 is 1.12 bits per heavy atom. The summed E-state index contributed by atoms with van der Waals surface area (Å²) in [5.41, 5.74) is 0.828. The predicted octanol–water partition coefficient (Wildman–Crippen LogP) is 1.41. The first kappa shape index (κ1) is 17.7. The number of benzene rings is 1. The Hall–Kier alpha value is -3.07. The van der Waals surface area contributed by atoms with E-state index in [0.29, 0.717) is 0 Å². The standard InChI is InChI=1S/C17H16N4O4S/c22-16(19-12-13-5-4-9-18-11-13)17-20-15(21-25-17)8-10-26(23,24)14-6-2-1-3-7-14/h1-7,9,11H,8,10,12H2,(H,19,22). The van der Waals surface area contributed by atoms with Crippen LogP contribution in [0, 0.1) is 0 Å². The number of carbonyl (C=O) groups excluding carboxylic acids is 1. The van der Waals surface area contributed by atoms with Gasteiger partial charge in [0.05, 0.1) is 10.6 Å². The smallest absolute Gasteiger partial charge is 0.315 e. The first-order chi connectivity index (χ1) is 12.5. The van der Waals surface area contributed by atoms with Crippen molar-refractivity contribution in [3.05, 3.63) is 72.1 Å². The van der Waals surface area contributed by atoms with Crippen LogP contribution in [-0.4, -0.2) is 35.2 Å². The van der Waals surface area contributed by atoms with Crippen LogP contribution in [0.4, 0.5) is 0 Å². The Morgan fingerprint density at radius 3 is 2.65 bits per heavy atom. The lowest BCUT2D eigenvalue weighted by atomic mass is 10.3. The van der Waals surface area contributed by atoms with Gasteiger partial charge in [0.15, 0.2) is 15.7 Å². The fourth-order valence-corrected chi connectivity index (χ4v) is 3.44. The van der Waals surface area contributed by atoms with E-state index in [1.165, 1.54) is 12.1 Å². The summed E-state index contributed by atoms with van der Waals surface area (Å²) in [6.07, 6.45) is 3.32. The van der Waals surface area contributed by atoms with E-state index >= 15 is 0 Å². The molecule has 1 N–H and O–H groups in total. The molecule has 134 valence electrons. The number of sulfone groups is 1. The molecule has 3 rings (SSSR count). The summed E-state index contributed by atoms with van der Waals surface area (Å²) < 4.78 is 29.4. The fourth-order valence-electron chi connectivity index (χ4n) is 2.18. The Morgan fingerprint density at radius 2 is 1.92 bits per heavy atom. The molecule has 2 aromatic heterocycles. The van der Waals surface area contributed by atoms with Crippen LogP contribution in [0.2, 0.25) is 0 Å². The summed E-state index contributed by atoms with van der Waals surface area (Å²) in [6.45, 7) is 0.271. The Balaban J connectivity index is 1.57. The molecule has 0 saturated carbocycles. The summed E-state index contributed by atoms with van der Waals surface area (Å²) in [4.78, 5) is 20.1. The third-order valence-corrected chi connectivity index (χ3v) is 5.27. The van der Waals surface area contributed by atoms with Gasteiger partial charge in [-0.2, -0.15) is 4.98 Å². The monoisotopic (exact) mass is 372 g/mol. The minimum Gasteiger partial charge on any atom is -0.344 e. The molecule has 8 nitrogen and oxygen atoms in total. The van der Waals surface area contributed by atoms with Gasteiger partial charge in [0.2, 0.25) is 0 Å². The number of pyridine rings is 1. The zero-order valence-corrected chi connectivity index (χ0v) is 14.5. The molecule has 0 unspecified atom stereocenters. The number of carbonyl (C=O) groups is 1. The minimum absolute atomic E-state index is 0.0522. The average molecular weight is 372 g/mol. The van der Waals surface area contributed by atoms with Crippen molar-refractivity contribution >= 4 is 15.7 Å². The van der Waals surface area contributed by atoms with Gasteiger partial charge in [-0.05, 0) is 23.8 Å². The molecule has 2 heterocycles. The number of amides is 1. The molecule has 0 spiro atoms. The van der Waals surface area contributed by atoms with Crippen LogP contribution in [0.15, 0.2) is 64.3 Å². The van der Waals surface area contributed by atoms with Crippen LogP contribution in [-0.2, 0) is 22.8 Å². The van der Waals surface area contributed by atoms with E-state index in [1.54, 1.807) is 36.7 Å². The van der Waals surface area contributed by atoms with E-state index < -0.39 is 15.7 Å². The number of rotatable bonds is 7. The highest BCUT2D eigenvalue weighted by Gasteiger charge is 2.18. The van der Waals surface area contributed by atoms with Crippen molar-refractivity contribution in [1.29, 1.82) is 0 Å². The molecule has 0 saturated heterocycles. The van der Waals surface area contributed by atoms with Gasteiger partial charge in [-0.25, -0.2) is 8.42 Å². The van der Waals surface area contributed by atoms with E-state index in [1.807, 2.05) is 6.07 Å². The lowest BCUT2D eigenvalue weighted by Crippen LogP contribution is -2.23. The Labute approximate surface area is 150 Å². The van der Waals surface area contributed by atoms with Crippen molar-refractivity contribution in [2.45, 2.75) is 17.9 Å². The fraction of sp³-hybridized carbons (Fsp3) is 0.176. The van der Waals surface area contributed by atoms with Gasteiger partial charge in [-0.1, -0.05) is 29.4 Å². The highest BCUT2D eigenvalue weighted by molar-refractivity contribution is 7.91. The van der Waals surface area contributed by atoms with E-state index in [4.69, 9.17) is 4.52 Å². The third-order valence-electron chi connectivity index (χ3n) is 3.53. The van der Waals surface area contributed by atoms with Crippen molar-refractivity contribution in [3.8, 4) is 0 Å². The second kappa shape index (κ2) is 7.87. The van der Waals surface area contributed by atoms with Crippen LogP contribution < -0.4 is 5.32 Å². The third kappa shape index (κ3) is 4.51. The van der Waals surface area contributed by atoms with Crippen molar-refractivity contribution in [1.82, 2.24) is 20.4 Å². The molecule has 0 radical (unpaired) electrons. The quantitative estimate of drug-likeness (QED) is 0.667. The lowest BCUT2D eigenvalue weighted by molar-refractivity contribution is 0.0907. The van der Waals surface area contributed by atoms with Crippen molar-refractivity contribution in [3.63, 3.8) is 0 Å². The van der Waals surface area contributed by atoms with Crippen molar-refractivity contribution in [2.24, 2.45) is 0 Å². The SMILES string of the molecule is O=C(NCc1cccnc1)c1nc(CCS(=O)(=O)c2ccccc2)no1. The van der Waals surface area contributed by atoms with Crippen molar-refractivity contribution in [2.75, 3.05) is 5.75 Å². The zero-order chi connectivity index (χ0) is 18.4. The molecule has 0 aliphatic rings. The Bertz CT molecular complexity index is 972. The molecule has 0 fully saturated rings. The topological polar surface area (TPSA) is 115 Å². The number of aromatic nitrogens is 3. The molecule has 26 heavy (non-hydrogen) atoms. The maximum absolute atomic E-state index is 12.2. The Kier molecular flexibility index (Phi) is 5.37. The molecule has 1 amide bonds. The van der Waals surface area contributed by atoms with Crippen molar-refractivity contribution < 1.29 is 17.7 Å². The number of nitrogens with one attached hydrogen (secondary N) is 1. The van der Waals surface area contributed by atoms with Crippen LogP contribution in [0.1, 0.15) is 22.1 Å². The average Bonchev–Trinajstić information content (AvgIpc) is 3.15. The molecule has 3 aromatic rings. The highest BCUT2D eigenvalue weighted by Crippen LogP contribution is 2.11. The van der Waals surface area contributed by atoms with Gasteiger partial charge in [0, 0.05) is 25.4 Å². The van der Waals surface area contributed by atoms with Crippen LogP contribution in [0.3, 0.4) is 0 Å². The van der Waals surface area contributed by atoms with E-state index in [9.17, 15) is 13.2 Å². The highest BCUT2D eigenvalue weighted by atomic mass is 32.2. The second-order valence-electron chi connectivity index (χ2n) is 5.44. The summed E-state index contributed by atoms with van der Waals surface area (Å²) in [6, 6.07) is 11.7. The number of hydrogen-bond acceptors (Lipinski definition) is 7. The summed E-state index contributed by atoms with van der Waals surface area (Å²) in [7, 11) is -3.44. The molecule has 9 heteroatoms. The maximum atomic E-state index is 12.2.